The van der Waals surface area contributed by atoms with E-state index in [0.717, 1.165) is 17.9 Å². The number of nitrogens with zero attached hydrogens (tertiary/aromatic N) is 2. The van der Waals surface area contributed by atoms with Gasteiger partial charge in [-0.15, -0.1) is 0 Å². The second-order valence-corrected chi connectivity index (χ2v) is 4.72. The zero-order valence-electron chi connectivity index (χ0n) is 11.5. The van der Waals surface area contributed by atoms with E-state index in [0.29, 0.717) is 12.2 Å². The molecule has 0 aliphatic heterocycles. The highest BCUT2D eigenvalue weighted by Crippen LogP contribution is 2.17. The molecule has 1 aromatic heterocycles. The second kappa shape index (κ2) is 6.22. The Balaban J connectivity index is 1.67. The first kappa shape index (κ1) is 13.4. The summed E-state index contributed by atoms with van der Waals surface area (Å²) < 4.78 is 15.6. The van der Waals surface area contributed by atoms with Crippen molar-refractivity contribution in [2.75, 3.05) is 11.9 Å². The summed E-state index contributed by atoms with van der Waals surface area (Å²) in [5, 5.41) is 3.11. The van der Waals surface area contributed by atoms with Crippen molar-refractivity contribution in [1.82, 2.24) is 9.55 Å². The fourth-order valence-electron chi connectivity index (χ4n) is 2.25. The molecule has 1 heterocycles. The number of hydrogen-bond acceptors (Lipinski definition) is 2. The van der Waals surface area contributed by atoms with E-state index in [1.807, 2.05) is 42.6 Å². The normalized spacial score (nSPS) is 10.5. The van der Waals surface area contributed by atoms with Crippen molar-refractivity contribution in [1.29, 1.82) is 0 Å². The Morgan fingerprint density at radius 3 is 2.57 bits per heavy atom. The Bertz CT molecular complexity index is 707. The van der Waals surface area contributed by atoms with Crippen molar-refractivity contribution in [3.63, 3.8) is 0 Å². The first-order chi connectivity index (χ1) is 10.3. The SMILES string of the molecule is Fc1ccccc1NCCn1ccnc1-c1ccccc1. The Morgan fingerprint density at radius 2 is 1.76 bits per heavy atom. The predicted octanol–water partition coefficient (Wildman–Crippen LogP) is 3.80. The van der Waals surface area contributed by atoms with Crippen LogP contribution < -0.4 is 5.32 Å². The number of benzene rings is 2. The molecule has 1 N–H and O–H groups in total. The van der Waals surface area contributed by atoms with Gasteiger partial charge in [-0.2, -0.15) is 0 Å². The molecule has 0 aliphatic rings. The molecular weight excluding hydrogens is 265 g/mol. The molecular formula is C17H16FN3. The second-order valence-electron chi connectivity index (χ2n) is 4.72. The van der Waals surface area contributed by atoms with Crippen molar-refractivity contribution in [2.24, 2.45) is 0 Å². The summed E-state index contributed by atoms with van der Waals surface area (Å²) in [6, 6.07) is 16.7. The topological polar surface area (TPSA) is 29.9 Å². The number of anilines is 1. The van der Waals surface area contributed by atoms with E-state index < -0.39 is 0 Å². The minimum atomic E-state index is -0.230. The fourth-order valence-corrected chi connectivity index (χ4v) is 2.25. The van der Waals surface area contributed by atoms with E-state index in [4.69, 9.17) is 0 Å². The molecule has 0 saturated carbocycles. The lowest BCUT2D eigenvalue weighted by atomic mass is 10.2. The molecule has 0 fully saturated rings. The molecule has 2 aromatic carbocycles. The van der Waals surface area contributed by atoms with Gasteiger partial charge in [0.25, 0.3) is 0 Å². The van der Waals surface area contributed by atoms with Gasteiger partial charge < -0.3 is 9.88 Å². The number of halogens is 1. The number of rotatable bonds is 5. The first-order valence-electron chi connectivity index (χ1n) is 6.89. The van der Waals surface area contributed by atoms with Crippen LogP contribution in [-0.4, -0.2) is 16.1 Å². The largest absolute Gasteiger partial charge is 0.381 e. The number of imidazole rings is 1. The molecule has 0 unspecified atom stereocenters. The third-order valence-corrected chi connectivity index (χ3v) is 3.29. The van der Waals surface area contributed by atoms with Crippen LogP contribution in [0.3, 0.4) is 0 Å². The van der Waals surface area contributed by atoms with Crippen LogP contribution >= 0.6 is 0 Å². The average Bonchev–Trinajstić information content (AvgIpc) is 2.99. The van der Waals surface area contributed by atoms with Crippen LogP contribution in [0.5, 0.6) is 0 Å². The lowest BCUT2D eigenvalue weighted by Crippen LogP contribution is -2.11. The maximum atomic E-state index is 13.5. The molecule has 0 spiro atoms. The van der Waals surface area contributed by atoms with Gasteiger partial charge in [0.1, 0.15) is 11.6 Å². The van der Waals surface area contributed by atoms with Gasteiger partial charge in [0.15, 0.2) is 0 Å². The van der Waals surface area contributed by atoms with Crippen LogP contribution in [0.2, 0.25) is 0 Å². The minimum absolute atomic E-state index is 0.230. The van der Waals surface area contributed by atoms with Crippen molar-refractivity contribution in [3.8, 4) is 11.4 Å². The minimum Gasteiger partial charge on any atom is -0.381 e. The van der Waals surface area contributed by atoms with Crippen molar-refractivity contribution >= 4 is 5.69 Å². The van der Waals surface area contributed by atoms with Gasteiger partial charge in [0.05, 0.1) is 5.69 Å². The molecule has 106 valence electrons. The predicted molar refractivity (Wildman–Crippen MR) is 82.6 cm³/mol. The van der Waals surface area contributed by atoms with E-state index in [2.05, 4.69) is 14.9 Å². The van der Waals surface area contributed by atoms with Crippen LogP contribution in [0.4, 0.5) is 10.1 Å². The summed E-state index contributed by atoms with van der Waals surface area (Å²) in [7, 11) is 0. The quantitative estimate of drug-likeness (QED) is 0.771. The number of nitrogens with one attached hydrogen (secondary N) is 1. The Labute approximate surface area is 123 Å². The van der Waals surface area contributed by atoms with Gasteiger partial charge in [0.2, 0.25) is 0 Å². The molecule has 3 nitrogen and oxygen atoms in total. The van der Waals surface area contributed by atoms with Crippen molar-refractivity contribution in [2.45, 2.75) is 6.54 Å². The summed E-state index contributed by atoms with van der Waals surface area (Å²) in [5.41, 5.74) is 1.60. The van der Waals surface area contributed by atoms with Gasteiger partial charge in [0, 0.05) is 31.0 Å². The first-order valence-corrected chi connectivity index (χ1v) is 6.89. The summed E-state index contributed by atoms with van der Waals surface area (Å²) >= 11 is 0. The van der Waals surface area contributed by atoms with E-state index >= 15 is 0 Å². The summed E-state index contributed by atoms with van der Waals surface area (Å²) in [4.78, 5) is 4.39. The van der Waals surface area contributed by atoms with Gasteiger partial charge >= 0.3 is 0 Å². The highest BCUT2D eigenvalue weighted by molar-refractivity contribution is 5.55. The van der Waals surface area contributed by atoms with Gasteiger partial charge in [-0.1, -0.05) is 42.5 Å². The van der Waals surface area contributed by atoms with Crippen LogP contribution in [0, 0.1) is 5.82 Å². The number of hydrogen-bond donors (Lipinski definition) is 1. The molecule has 0 aliphatic carbocycles. The third kappa shape index (κ3) is 3.11. The van der Waals surface area contributed by atoms with Gasteiger partial charge in [-0.25, -0.2) is 9.37 Å². The smallest absolute Gasteiger partial charge is 0.146 e. The van der Waals surface area contributed by atoms with E-state index in [9.17, 15) is 4.39 Å². The lowest BCUT2D eigenvalue weighted by molar-refractivity contribution is 0.628. The molecule has 0 saturated heterocycles. The van der Waals surface area contributed by atoms with Gasteiger partial charge in [-0.05, 0) is 12.1 Å². The molecule has 0 atom stereocenters. The van der Waals surface area contributed by atoms with E-state index in [1.165, 1.54) is 6.07 Å². The maximum Gasteiger partial charge on any atom is 0.146 e. The fraction of sp³-hybridized carbons (Fsp3) is 0.118. The Morgan fingerprint density at radius 1 is 1.00 bits per heavy atom. The average molecular weight is 281 g/mol. The monoisotopic (exact) mass is 281 g/mol. The number of para-hydroxylation sites is 1. The van der Waals surface area contributed by atoms with Crippen LogP contribution in [0.1, 0.15) is 0 Å². The van der Waals surface area contributed by atoms with Crippen molar-refractivity contribution in [3.05, 3.63) is 72.8 Å². The Hall–Kier alpha value is -2.62. The summed E-state index contributed by atoms with van der Waals surface area (Å²) in [6.45, 7) is 1.36. The van der Waals surface area contributed by atoms with Crippen LogP contribution in [0.15, 0.2) is 67.0 Å². The lowest BCUT2D eigenvalue weighted by Gasteiger charge is -2.10. The van der Waals surface area contributed by atoms with E-state index in [1.54, 1.807) is 18.3 Å². The molecule has 0 bridgehead atoms. The zero-order valence-corrected chi connectivity index (χ0v) is 11.5. The highest BCUT2D eigenvalue weighted by atomic mass is 19.1. The standard InChI is InChI=1S/C17H16FN3/c18-15-8-4-5-9-16(15)19-10-12-21-13-11-20-17(21)14-6-2-1-3-7-14/h1-9,11,13,19H,10,12H2. The van der Waals surface area contributed by atoms with E-state index in [-0.39, 0.29) is 5.82 Å². The van der Waals surface area contributed by atoms with Gasteiger partial charge in [-0.3, -0.25) is 0 Å². The van der Waals surface area contributed by atoms with Crippen molar-refractivity contribution < 1.29 is 4.39 Å². The summed E-state index contributed by atoms with van der Waals surface area (Å²) in [6.07, 6.45) is 3.72. The third-order valence-electron chi connectivity index (χ3n) is 3.29. The molecule has 4 heteroatoms. The molecule has 21 heavy (non-hydrogen) atoms. The maximum absolute atomic E-state index is 13.5. The summed E-state index contributed by atoms with van der Waals surface area (Å²) in [5.74, 6) is 0.692. The number of aromatic nitrogens is 2. The highest BCUT2D eigenvalue weighted by Gasteiger charge is 2.05. The van der Waals surface area contributed by atoms with Crippen LogP contribution in [-0.2, 0) is 6.54 Å². The molecule has 0 amide bonds. The molecule has 3 rings (SSSR count). The van der Waals surface area contributed by atoms with Crippen LogP contribution in [0.25, 0.3) is 11.4 Å². The molecule has 3 aromatic rings. The Kier molecular flexibility index (Phi) is 3.96. The molecule has 0 radical (unpaired) electrons. The zero-order chi connectivity index (χ0) is 14.5.